The van der Waals surface area contributed by atoms with Gasteiger partial charge < -0.3 is 21.1 Å². The van der Waals surface area contributed by atoms with E-state index in [1.165, 1.54) is 31.4 Å². The van der Waals surface area contributed by atoms with Crippen molar-refractivity contribution in [1.29, 1.82) is 0 Å². The molecule has 0 heterocycles. The SMILES string of the molecule is CCCCC(CC)CNC(=NCC(=O)Nc1ccc(O)cc1)NCC. The lowest BCUT2D eigenvalue weighted by Crippen LogP contribution is -2.40. The molecule has 0 fully saturated rings. The summed E-state index contributed by atoms with van der Waals surface area (Å²) in [5, 5.41) is 18.5. The van der Waals surface area contributed by atoms with Crippen LogP contribution in [0.5, 0.6) is 5.75 Å². The van der Waals surface area contributed by atoms with Crippen molar-refractivity contribution in [2.24, 2.45) is 10.9 Å². The van der Waals surface area contributed by atoms with Crippen LogP contribution in [0.25, 0.3) is 0 Å². The lowest BCUT2D eigenvalue weighted by Gasteiger charge is -2.17. The molecule has 4 N–H and O–H groups in total. The molecule has 1 aromatic rings. The van der Waals surface area contributed by atoms with Crippen LogP contribution in [0.2, 0.25) is 0 Å². The van der Waals surface area contributed by atoms with E-state index in [9.17, 15) is 9.90 Å². The van der Waals surface area contributed by atoms with Gasteiger partial charge in [0.15, 0.2) is 5.96 Å². The summed E-state index contributed by atoms with van der Waals surface area (Å²) in [5.41, 5.74) is 0.640. The number of carbonyl (C=O) groups excluding carboxylic acids is 1. The van der Waals surface area contributed by atoms with Crippen molar-refractivity contribution in [2.45, 2.75) is 46.5 Å². The Morgan fingerprint density at radius 3 is 2.48 bits per heavy atom. The summed E-state index contributed by atoms with van der Waals surface area (Å²) in [7, 11) is 0. The highest BCUT2D eigenvalue weighted by atomic mass is 16.3. The second-order valence-electron chi connectivity index (χ2n) is 6.09. The first kappa shape index (κ1) is 20.8. The molecule has 1 amide bonds. The van der Waals surface area contributed by atoms with Crippen LogP contribution in [0.4, 0.5) is 5.69 Å². The van der Waals surface area contributed by atoms with Gasteiger partial charge in [0.25, 0.3) is 0 Å². The van der Waals surface area contributed by atoms with E-state index in [0.29, 0.717) is 17.6 Å². The number of amides is 1. The number of hydrogen-bond acceptors (Lipinski definition) is 3. The molecule has 0 saturated carbocycles. The normalized spacial score (nSPS) is 12.5. The second kappa shape index (κ2) is 12.2. The molecule has 6 nitrogen and oxygen atoms in total. The molecule has 25 heavy (non-hydrogen) atoms. The molecular formula is C19H32N4O2. The van der Waals surface area contributed by atoms with Crippen LogP contribution in [0.1, 0.15) is 46.5 Å². The minimum absolute atomic E-state index is 0.0436. The van der Waals surface area contributed by atoms with E-state index in [1.54, 1.807) is 12.1 Å². The van der Waals surface area contributed by atoms with Gasteiger partial charge in [0.05, 0.1) is 0 Å². The Kier molecular flexibility index (Phi) is 10.1. The highest BCUT2D eigenvalue weighted by Crippen LogP contribution is 2.13. The number of anilines is 1. The molecule has 0 spiro atoms. The summed E-state index contributed by atoms with van der Waals surface area (Å²) in [6.45, 7) is 8.07. The van der Waals surface area contributed by atoms with Crippen LogP contribution in [0.3, 0.4) is 0 Å². The van der Waals surface area contributed by atoms with Crippen LogP contribution in [-0.4, -0.2) is 36.6 Å². The van der Waals surface area contributed by atoms with Crippen molar-refractivity contribution in [3.05, 3.63) is 24.3 Å². The number of phenols is 1. The van der Waals surface area contributed by atoms with Gasteiger partial charge in [-0.1, -0.05) is 33.1 Å². The van der Waals surface area contributed by atoms with E-state index >= 15 is 0 Å². The van der Waals surface area contributed by atoms with Crippen LogP contribution < -0.4 is 16.0 Å². The van der Waals surface area contributed by atoms with E-state index in [-0.39, 0.29) is 18.2 Å². The highest BCUT2D eigenvalue weighted by molar-refractivity contribution is 5.94. The summed E-state index contributed by atoms with van der Waals surface area (Å²) in [6, 6.07) is 6.37. The zero-order valence-electron chi connectivity index (χ0n) is 15.6. The number of phenolic OH excluding ortho intramolecular Hbond substituents is 1. The minimum Gasteiger partial charge on any atom is -0.508 e. The van der Waals surface area contributed by atoms with Gasteiger partial charge in [-0.25, -0.2) is 4.99 Å². The van der Waals surface area contributed by atoms with Gasteiger partial charge in [-0.15, -0.1) is 0 Å². The first-order valence-electron chi connectivity index (χ1n) is 9.20. The number of benzene rings is 1. The van der Waals surface area contributed by atoms with Gasteiger partial charge in [-0.2, -0.15) is 0 Å². The summed E-state index contributed by atoms with van der Waals surface area (Å²) in [6.07, 6.45) is 4.79. The number of carbonyl (C=O) groups is 1. The van der Waals surface area contributed by atoms with Gasteiger partial charge >= 0.3 is 0 Å². The molecule has 6 heteroatoms. The Morgan fingerprint density at radius 1 is 1.16 bits per heavy atom. The Hall–Kier alpha value is -2.24. The molecule has 0 bridgehead atoms. The van der Waals surface area contributed by atoms with Crippen molar-refractivity contribution in [1.82, 2.24) is 10.6 Å². The predicted molar refractivity (Wildman–Crippen MR) is 104 cm³/mol. The molecule has 1 atom stereocenters. The third-order valence-corrected chi connectivity index (χ3v) is 3.98. The fraction of sp³-hybridized carbons (Fsp3) is 0.579. The van der Waals surface area contributed by atoms with Crippen molar-refractivity contribution >= 4 is 17.6 Å². The maximum atomic E-state index is 12.0. The molecular weight excluding hydrogens is 316 g/mol. The van der Waals surface area contributed by atoms with E-state index in [0.717, 1.165) is 19.5 Å². The molecule has 1 rings (SSSR count). The third-order valence-electron chi connectivity index (χ3n) is 3.98. The largest absolute Gasteiger partial charge is 0.508 e. The maximum absolute atomic E-state index is 12.0. The Balaban J connectivity index is 2.50. The number of rotatable bonds is 10. The number of nitrogens with one attached hydrogen (secondary N) is 3. The summed E-state index contributed by atoms with van der Waals surface area (Å²) >= 11 is 0. The zero-order chi connectivity index (χ0) is 18.5. The van der Waals surface area contributed by atoms with E-state index < -0.39 is 0 Å². The first-order chi connectivity index (χ1) is 12.1. The third kappa shape index (κ3) is 8.98. The van der Waals surface area contributed by atoms with Gasteiger partial charge in [0.1, 0.15) is 12.3 Å². The van der Waals surface area contributed by atoms with Gasteiger partial charge in [-0.05, 0) is 43.5 Å². The molecule has 0 aliphatic carbocycles. The van der Waals surface area contributed by atoms with Crippen molar-refractivity contribution in [2.75, 3.05) is 25.0 Å². The molecule has 0 aliphatic heterocycles. The average molecular weight is 348 g/mol. The first-order valence-corrected chi connectivity index (χ1v) is 9.20. The summed E-state index contributed by atoms with van der Waals surface area (Å²) in [4.78, 5) is 16.4. The Bertz CT molecular complexity index is 529. The monoisotopic (exact) mass is 348 g/mol. The molecule has 1 aromatic carbocycles. The Morgan fingerprint density at radius 2 is 1.88 bits per heavy atom. The standard InChI is InChI=1S/C19H32N4O2/c1-4-7-8-15(5-2)13-21-19(20-6-3)22-14-18(25)23-16-9-11-17(24)12-10-16/h9-12,15,24H,4-8,13-14H2,1-3H3,(H,23,25)(H2,20,21,22). The lowest BCUT2D eigenvalue weighted by molar-refractivity contribution is -0.114. The minimum atomic E-state index is -0.194. The predicted octanol–water partition coefficient (Wildman–Crippen LogP) is 3.10. The molecule has 0 saturated heterocycles. The van der Waals surface area contributed by atoms with Crippen LogP contribution in [-0.2, 0) is 4.79 Å². The van der Waals surface area contributed by atoms with Crippen LogP contribution in [0, 0.1) is 5.92 Å². The maximum Gasteiger partial charge on any atom is 0.246 e. The van der Waals surface area contributed by atoms with Crippen molar-refractivity contribution in [3.63, 3.8) is 0 Å². The fourth-order valence-corrected chi connectivity index (χ4v) is 2.42. The molecule has 1 unspecified atom stereocenters. The summed E-state index contributed by atoms with van der Waals surface area (Å²) in [5.74, 6) is 1.26. The average Bonchev–Trinajstić information content (AvgIpc) is 2.61. The van der Waals surface area contributed by atoms with Gasteiger partial charge in [-0.3, -0.25) is 4.79 Å². The van der Waals surface area contributed by atoms with E-state index in [4.69, 9.17) is 0 Å². The smallest absolute Gasteiger partial charge is 0.246 e. The Labute approximate surface area is 151 Å². The summed E-state index contributed by atoms with van der Waals surface area (Å²) < 4.78 is 0. The molecule has 0 aliphatic rings. The van der Waals surface area contributed by atoms with Crippen LogP contribution >= 0.6 is 0 Å². The van der Waals surface area contributed by atoms with E-state index in [2.05, 4.69) is 34.8 Å². The molecule has 140 valence electrons. The molecule has 0 radical (unpaired) electrons. The lowest BCUT2D eigenvalue weighted by atomic mass is 9.99. The van der Waals surface area contributed by atoms with Crippen molar-refractivity contribution < 1.29 is 9.90 Å². The number of guanidine groups is 1. The van der Waals surface area contributed by atoms with Gasteiger partial charge in [0.2, 0.25) is 5.91 Å². The van der Waals surface area contributed by atoms with E-state index in [1.807, 2.05) is 6.92 Å². The quantitative estimate of drug-likeness (QED) is 0.297. The zero-order valence-corrected chi connectivity index (χ0v) is 15.6. The number of hydrogen-bond donors (Lipinski definition) is 4. The van der Waals surface area contributed by atoms with Crippen molar-refractivity contribution in [3.8, 4) is 5.75 Å². The molecule has 0 aromatic heterocycles. The second-order valence-corrected chi connectivity index (χ2v) is 6.09. The fourth-order valence-electron chi connectivity index (χ4n) is 2.42. The number of unbranched alkanes of at least 4 members (excludes halogenated alkanes) is 1. The topological polar surface area (TPSA) is 85.8 Å². The number of aliphatic imine (C=N–C) groups is 1. The number of aromatic hydroxyl groups is 1. The number of nitrogens with zero attached hydrogens (tertiary/aromatic N) is 1. The highest BCUT2D eigenvalue weighted by Gasteiger charge is 2.08. The van der Waals surface area contributed by atoms with Crippen LogP contribution in [0.15, 0.2) is 29.3 Å². The van der Waals surface area contributed by atoms with Gasteiger partial charge in [0, 0.05) is 18.8 Å².